The average molecular weight is 391 g/mol. The molecular weight excluding hydrogens is 366 g/mol. The number of amides is 2. The number of benzene rings is 1. The highest BCUT2D eigenvalue weighted by Gasteiger charge is 2.20. The second-order valence-corrected chi connectivity index (χ2v) is 7.77. The lowest BCUT2D eigenvalue weighted by Crippen LogP contribution is -2.33. The maximum absolute atomic E-state index is 12.8. The van der Waals surface area contributed by atoms with Crippen molar-refractivity contribution in [2.45, 2.75) is 51.6 Å². The van der Waals surface area contributed by atoms with Gasteiger partial charge in [-0.1, -0.05) is 25.0 Å². The molecule has 0 bridgehead atoms. The zero-order valence-electron chi connectivity index (χ0n) is 16.7. The molecule has 2 heterocycles. The van der Waals surface area contributed by atoms with E-state index in [0.29, 0.717) is 16.8 Å². The fourth-order valence-electron chi connectivity index (χ4n) is 3.76. The maximum Gasteiger partial charge on any atom is 0.257 e. The van der Waals surface area contributed by atoms with Crippen LogP contribution in [0.15, 0.2) is 42.7 Å². The van der Waals surface area contributed by atoms with E-state index in [4.69, 9.17) is 0 Å². The summed E-state index contributed by atoms with van der Waals surface area (Å²) in [6.07, 6.45) is 7.56. The Kier molecular flexibility index (Phi) is 5.29. The summed E-state index contributed by atoms with van der Waals surface area (Å²) in [7, 11) is 0. The monoisotopic (exact) mass is 391 g/mol. The van der Waals surface area contributed by atoms with Crippen molar-refractivity contribution in [3.63, 3.8) is 0 Å². The van der Waals surface area contributed by atoms with Crippen molar-refractivity contribution < 1.29 is 9.59 Å². The van der Waals surface area contributed by atoms with E-state index in [-0.39, 0.29) is 23.9 Å². The van der Waals surface area contributed by atoms with Gasteiger partial charge in [0.2, 0.25) is 0 Å². The molecule has 2 N–H and O–H groups in total. The minimum Gasteiger partial charge on any atom is -0.349 e. The van der Waals surface area contributed by atoms with E-state index in [1.54, 1.807) is 42.7 Å². The summed E-state index contributed by atoms with van der Waals surface area (Å²) in [5, 5.41) is 11.1. The fraction of sp³-hybridized carbons (Fsp3) is 0.364. The average Bonchev–Trinajstić information content (AvgIpc) is 3.37. The van der Waals surface area contributed by atoms with Crippen molar-refractivity contribution in [2.75, 3.05) is 5.32 Å². The highest BCUT2D eigenvalue weighted by Crippen LogP contribution is 2.22. The van der Waals surface area contributed by atoms with Crippen molar-refractivity contribution in [3.8, 4) is 0 Å². The summed E-state index contributed by atoms with van der Waals surface area (Å²) in [4.78, 5) is 29.9. The molecule has 4 rings (SSSR count). The van der Waals surface area contributed by atoms with Gasteiger partial charge in [0.15, 0.2) is 5.65 Å². The number of carbonyl (C=O) groups is 2. The molecule has 0 aliphatic heterocycles. The topological polar surface area (TPSA) is 88.9 Å². The molecule has 7 nitrogen and oxygen atoms in total. The van der Waals surface area contributed by atoms with Crippen LogP contribution in [0.2, 0.25) is 0 Å². The lowest BCUT2D eigenvalue weighted by molar-refractivity contribution is 0.0939. The van der Waals surface area contributed by atoms with E-state index in [0.717, 1.165) is 36.7 Å². The van der Waals surface area contributed by atoms with Crippen molar-refractivity contribution >= 4 is 28.5 Å². The first-order chi connectivity index (χ1) is 14.0. The van der Waals surface area contributed by atoms with Crippen molar-refractivity contribution in [1.29, 1.82) is 0 Å². The van der Waals surface area contributed by atoms with E-state index in [1.807, 2.05) is 18.5 Å². The van der Waals surface area contributed by atoms with Gasteiger partial charge in [-0.15, -0.1) is 0 Å². The lowest BCUT2D eigenvalue weighted by atomic mass is 10.1. The Labute approximate surface area is 169 Å². The van der Waals surface area contributed by atoms with Gasteiger partial charge in [0.05, 0.1) is 23.0 Å². The molecule has 1 fully saturated rings. The minimum atomic E-state index is -0.308. The van der Waals surface area contributed by atoms with Gasteiger partial charge in [-0.25, -0.2) is 9.67 Å². The number of hydrogen-bond acceptors (Lipinski definition) is 4. The molecule has 29 heavy (non-hydrogen) atoms. The van der Waals surface area contributed by atoms with Crippen molar-refractivity contribution in [1.82, 2.24) is 20.1 Å². The van der Waals surface area contributed by atoms with Gasteiger partial charge in [-0.3, -0.25) is 9.59 Å². The van der Waals surface area contributed by atoms with Crippen molar-refractivity contribution in [2.24, 2.45) is 0 Å². The molecule has 0 atom stereocenters. The quantitative estimate of drug-likeness (QED) is 0.689. The predicted octanol–water partition coefficient (Wildman–Crippen LogP) is 3.94. The third kappa shape index (κ3) is 3.99. The highest BCUT2D eigenvalue weighted by molar-refractivity contribution is 6.09. The first-order valence-electron chi connectivity index (χ1n) is 10.1. The number of carbonyl (C=O) groups excluding carboxylic acids is 2. The Morgan fingerprint density at radius 1 is 1.10 bits per heavy atom. The molecule has 1 aliphatic rings. The number of nitrogens with one attached hydrogen (secondary N) is 2. The molecule has 0 spiro atoms. The molecule has 2 amide bonds. The Bertz CT molecular complexity index is 1050. The normalized spacial score (nSPS) is 14.4. The van der Waals surface area contributed by atoms with Gasteiger partial charge < -0.3 is 10.6 Å². The predicted molar refractivity (Wildman–Crippen MR) is 112 cm³/mol. The fourth-order valence-corrected chi connectivity index (χ4v) is 3.76. The van der Waals surface area contributed by atoms with Crippen LogP contribution in [0.25, 0.3) is 11.0 Å². The van der Waals surface area contributed by atoms with E-state index in [9.17, 15) is 9.59 Å². The zero-order chi connectivity index (χ0) is 20.4. The maximum atomic E-state index is 12.8. The standard InChI is InChI=1S/C22H25N5O2/c1-14(2)27-20-15(13-24-27)11-16(12-23-20)21(28)26-19-10-6-5-9-18(19)22(29)25-17-7-3-4-8-17/h5-6,9-14,17H,3-4,7-8H2,1-2H3,(H,25,29)(H,26,28). The SMILES string of the molecule is CC(C)n1ncc2cc(C(=O)Nc3ccccc3C(=O)NC3CCCC3)cnc21. The first kappa shape index (κ1) is 19.1. The second kappa shape index (κ2) is 8.03. The lowest BCUT2D eigenvalue weighted by Gasteiger charge is -2.15. The molecule has 0 saturated heterocycles. The van der Waals surface area contributed by atoms with Crippen LogP contribution in [0.4, 0.5) is 5.69 Å². The molecule has 3 aromatic rings. The second-order valence-electron chi connectivity index (χ2n) is 7.77. The van der Waals surface area contributed by atoms with Crippen LogP contribution in [-0.2, 0) is 0 Å². The van der Waals surface area contributed by atoms with Crippen LogP contribution in [0, 0.1) is 0 Å². The number of aromatic nitrogens is 3. The Balaban J connectivity index is 1.54. The molecule has 2 aromatic heterocycles. The van der Waals surface area contributed by atoms with Gasteiger partial charge in [-0.2, -0.15) is 5.10 Å². The van der Waals surface area contributed by atoms with Crippen LogP contribution < -0.4 is 10.6 Å². The third-order valence-electron chi connectivity index (χ3n) is 5.29. The Morgan fingerprint density at radius 2 is 1.86 bits per heavy atom. The highest BCUT2D eigenvalue weighted by atomic mass is 16.2. The first-order valence-corrected chi connectivity index (χ1v) is 10.1. The number of anilines is 1. The summed E-state index contributed by atoms with van der Waals surface area (Å²) >= 11 is 0. The summed E-state index contributed by atoms with van der Waals surface area (Å²) in [6, 6.07) is 9.24. The Hall–Kier alpha value is -3.22. The summed E-state index contributed by atoms with van der Waals surface area (Å²) < 4.78 is 1.82. The zero-order valence-corrected chi connectivity index (χ0v) is 16.7. The molecule has 0 radical (unpaired) electrons. The number of pyridine rings is 1. The number of para-hydroxylation sites is 1. The number of fused-ring (bicyclic) bond motifs is 1. The van der Waals surface area contributed by atoms with E-state index in [1.165, 1.54) is 0 Å². The van der Waals surface area contributed by atoms with E-state index in [2.05, 4.69) is 20.7 Å². The number of rotatable bonds is 5. The number of hydrogen-bond donors (Lipinski definition) is 2. The summed E-state index contributed by atoms with van der Waals surface area (Å²) in [5.41, 5.74) is 2.13. The smallest absolute Gasteiger partial charge is 0.257 e. The minimum absolute atomic E-state index is 0.153. The molecule has 1 saturated carbocycles. The van der Waals surface area contributed by atoms with E-state index >= 15 is 0 Å². The van der Waals surface area contributed by atoms with Gasteiger partial charge in [0, 0.05) is 23.7 Å². The molecule has 150 valence electrons. The number of nitrogens with zero attached hydrogens (tertiary/aromatic N) is 3. The summed E-state index contributed by atoms with van der Waals surface area (Å²) in [6.45, 7) is 4.06. The molecule has 1 aromatic carbocycles. The Morgan fingerprint density at radius 3 is 2.62 bits per heavy atom. The van der Waals surface area contributed by atoms with E-state index < -0.39 is 0 Å². The van der Waals surface area contributed by atoms with Crippen LogP contribution in [0.3, 0.4) is 0 Å². The molecule has 7 heteroatoms. The van der Waals surface area contributed by atoms with Crippen LogP contribution in [0.1, 0.15) is 66.3 Å². The van der Waals surface area contributed by atoms with Gasteiger partial charge >= 0.3 is 0 Å². The van der Waals surface area contributed by atoms with Crippen LogP contribution >= 0.6 is 0 Å². The summed E-state index contributed by atoms with van der Waals surface area (Å²) in [5.74, 6) is -0.461. The van der Waals surface area contributed by atoms with Gasteiger partial charge in [-0.05, 0) is 44.9 Å². The third-order valence-corrected chi connectivity index (χ3v) is 5.29. The van der Waals surface area contributed by atoms with Crippen molar-refractivity contribution in [3.05, 3.63) is 53.9 Å². The molecular formula is C22H25N5O2. The van der Waals surface area contributed by atoms with Crippen LogP contribution in [-0.4, -0.2) is 32.6 Å². The molecule has 0 unspecified atom stereocenters. The largest absolute Gasteiger partial charge is 0.349 e. The van der Waals surface area contributed by atoms with Gasteiger partial charge in [0.25, 0.3) is 11.8 Å². The van der Waals surface area contributed by atoms with Crippen LogP contribution in [0.5, 0.6) is 0 Å². The van der Waals surface area contributed by atoms with Gasteiger partial charge in [0.1, 0.15) is 0 Å². The molecule has 1 aliphatic carbocycles.